The molecule has 10 heteroatoms. The Balaban J connectivity index is 1.16. The van der Waals surface area contributed by atoms with Crippen LogP contribution in [-0.4, -0.2) is 87.4 Å². The summed E-state index contributed by atoms with van der Waals surface area (Å²) in [5.74, 6) is -1.12. The smallest absolute Gasteiger partial charge is 0.192 e. The predicted octanol–water partition coefficient (Wildman–Crippen LogP) is 4.91. The van der Waals surface area contributed by atoms with Crippen molar-refractivity contribution in [1.29, 1.82) is 0 Å². The molecule has 0 radical (unpaired) electrons. The van der Waals surface area contributed by atoms with Gasteiger partial charge in [-0.05, 0) is 49.9 Å². The third kappa shape index (κ3) is 5.87. The summed E-state index contributed by atoms with van der Waals surface area (Å²) in [5, 5.41) is 10.8. The van der Waals surface area contributed by atoms with Crippen LogP contribution in [0.4, 0.5) is 0 Å². The van der Waals surface area contributed by atoms with Crippen molar-refractivity contribution in [1.82, 2.24) is 0 Å². The van der Waals surface area contributed by atoms with Gasteiger partial charge in [0.25, 0.3) is 0 Å². The van der Waals surface area contributed by atoms with Gasteiger partial charge in [0.1, 0.15) is 36.6 Å². The van der Waals surface area contributed by atoms with Crippen LogP contribution in [0, 0.1) is 0 Å². The topological polar surface area (TPSA) is 94.1 Å². The molecule has 2 spiro atoms. The van der Waals surface area contributed by atoms with Gasteiger partial charge in [0.05, 0.1) is 13.2 Å². The fourth-order valence-corrected chi connectivity index (χ4v) is 7.75. The van der Waals surface area contributed by atoms with Crippen molar-refractivity contribution >= 4 is 8.32 Å². The number of rotatable bonds is 6. The Morgan fingerprint density at radius 1 is 0.850 bits per heavy atom. The van der Waals surface area contributed by atoms with E-state index in [1.165, 1.54) is 12.8 Å². The lowest BCUT2D eigenvalue weighted by Crippen LogP contribution is -2.50. The molecule has 0 aromatic heterocycles. The molecule has 4 aliphatic heterocycles. The summed E-state index contributed by atoms with van der Waals surface area (Å²) in [5.41, 5.74) is 0. The van der Waals surface area contributed by atoms with E-state index < -0.39 is 56.9 Å². The molecule has 0 aromatic rings. The quantitative estimate of drug-likeness (QED) is 0.346. The minimum absolute atomic E-state index is 0.0652. The minimum atomic E-state index is -2.01. The van der Waals surface area contributed by atoms with E-state index >= 15 is 0 Å². The van der Waals surface area contributed by atoms with Crippen LogP contribution in [-0.2, 0) is 37.6 Å². The van der Waals surface area contributed by atoms with Crippen LogP contribution >= 0.6 is 0 Å². The van der Waals surface area contributed by atoms with Gasteiger partial charge >= 0.3 is 0 Å². The molecular weight excluding hydrogens is 532 g/mol. The first-order valence-corrected chi connectivity index (χ1v) is 18.5. The summed E-state index contributed by atoms with van der Waals surface area (Å²) < 4.78 is 51.9. The predicted molar refractivity (Wildman–Crippen MR) is 149 cm³/mol. The number of ether oxygens (including phenoxy) is 7. The molecule has 2 saturated carbocycles. The van der Waals surface area contributed by atoms with Crippen molar-refractivity contribution < 1.29 is 42.7 Å². The fraction of sp³-hybridized carbons (Fsp3) is 0.933. The van der Waals surface area contributed by atoms with Gasteiger partial charge in [0.15, 0.2) is 32.5 Å². The van der Waals surface area contributed by atoms with E-state index in [9.17, 15) is 5.11 Å². The molecule has 9 nitrogen and oxygen atoms in total. The first-order chi connectivity index (χ1) is 19.0. The maximum Gasteiger partial charge on any atom is 0.192 e. The van der Waals surface area contributed by atoms with Crippen molar-refractivity contribution in [3.8, 4) is 0 Å². The Hall–Kier alpha value is -0.403. The van der Waals surface area contributed by atoms with Gasteiger partial charge in [0, 0.05) is 25.7 Å². The van der Waals surface area contributed by atoms with Gasteiger partial charge in [-0.2, -0.15) is 0 Å². The monoisotopic (exact) mass is 582 g/mol. The van der Waals surface area contributed by atoms with Crippen LogP contribution in [0.5, 0.6) is 0 Å². The SMILES string of the molecule is CC(C)(C)[Si](C)(C)OC[C@@H]1O[C@@H](O[C@@H]2[C@H]3OC4(CCCCC4)O[C@H]3O[C@@H]2[C@@H]2COC3(CCCCC3)O2)C=C[C@H]1O. The third-order valence-corrected chi connectivity index (χ3v) is 14.7. The van der Waals surface area contributed by atoms with Crippen molar-refractivity contribution in [2.45, 2.75) is 164 Å². The Morgan fingerprint density at radius 2 is 1.52 bits per heavy atom. The highest BCUT2D eigenvalue weighted by Crippen LogP contribution is 2.49. The molecule has 228 valence electrons. The second-order valence-electron chi connectivity index (χ2n) is 14.2. The number of fused-ring (bicyclic) bond motifs is 1. The fourth-order valence-electron chi connectivity index (χ4n) is 6.73. The lowest BCUT2D eigenvalue weighted by Gasteiger charge is -2.39. The number of aliphatic hydroxyl groups excluding tert-OH is 1. The Morgan fingerprint density at radius 3 is 2.20 bits per heavy atom. The minimum Gasteiger partial charge on any atom is -0.414 e. The highest BCUT2D eigenvalue weighted by molar-refractivity contribution is 6.74. The van der Waals surface area contributed by atoms with Crippen LogP contribution in [0.15, 0.2) is 12.2 Å². The zero-order valence-electron chi connectivity index (χ0n) is 25.0. The molecular formula is C30H50O9Si. The molecule has 0 unspecified atom stereocenters. The molecule has 5 fully saturated rings. The highest BCUT2D eigenvalue weighted by atomic mass is 28.4. The number of hydrogen-bond donors (Lipinski definition) is 1. The number of aliphatic hydroxyl groups is 1. The first-order valence-electron chi connectivity index (χ1n) is 15.6. The van der Waals surface area contributed by atoms with Crippen LogP contribution in [0.1, 0.15) is 85.0 Å². The molecule has 8 atom stereocenters. The van der Waals surface area contributed by atoms with Gasteiger partial charge in [-0.3, -0.25) is 0 Å². The van der Waals surface area contributed by atoms with E-state index in [4.69, 9.17) is 37.6 Å². The standard InChI is InChI=1S/C30H50O9Si/c1-28(2,3)40(4,5)33-19-21-20(31)12-13-23(34-21)35-25-24(22-18-32-29(37-22)14-8-6-9-15-29)36-27-26(25)38-30(39-27)16-10-7-11-17-30/h12-13,20-27,31H,6-11,14-19H2,1-5H3/t20-,21+,22+,23+,24-,25+,26-,27-/m1/s1. The van der Waals surface area contributed by atoms with Gasteiger partial charge in [0.2, 0.25) is 0 Å². The summed E-state index contributed by atoms with van der Waals surface area (Å²) in [4.78, 5) is 0. The van der Waals surface area contributed by atoms with Crippen molar-refractivity contribution in [2.24, 2.45) is 0 Å². The van der Waals surface area contributed by atoms with E-state index in [1.807, 2.05) is 0 Å². The van der Waals surface area contributed by atoms with Crippen LogP contribution in [0.3, 0.4) is 0 Å². The molecule has 2 aliphatic carbocycles. The second-order valence-corrected chi connectivity index (χ2v) is 19.0. The largest absolute Gasteiger partial charge is 0.414 e. The van der Waals surface area contributed by atoms with E-state index in [2.05, 4.69) is 33.9 Å². The molecule has 6 aliphatic rings. The Kier molecular flexibility index (Phi) is 8.35. The summed E-state index contributed by atoms with van der Waals surface area (Å²) >= 11 is 0. The van der Waals surface area contributed by atoms with Crippen LogP contribution in [0.25, 0.3) is 0 Å². The first kappa shape index (κ1) is 29.7. The van der Waals surface area contributed by atoms with E-state index in [1.54, 1.807) is 12.2 Å². The van der Waals surface area contributed by atoms with E-state index in [0.29, 0.717) is 13.2 Å². The van der Waals surface area contributed by atoms with Crippen molar-refractivity contribution in [3.05, 3.63) is 12.2 Å². The normalized spacial score (nSPS) is 41.1. The Labute approximate surface area is 240 Å². The van der Waals surface area contributed by atoms with Gasteiger partial charge in [-0.1, -0.05) is 39.7 Å². The molecule has 0 bridgehead atoms. The van der Waals surface area contributed by atoms with Gasteiger partial charge in [-0.15, -0.1) is 0 Å². The number of hydrogen-bond acceptors (Lipinski definition) is 9. The van der Waals surface area contributed by atoms with Crippen molar-refractivity contribution in [2.75, 3.05) is 13.2 Å². The Bertz CT molecular complexity index is 907. The van der Waals surface area contributed by atoms with Gasteiger partial charge < -0.3 is 42.7 Å². The molecule has 0 aromatic carbocycles. The molecule has 1 N–H and O–H groups in total. The van der Waals surface area contributed by atoms with Gasteiger partial charge in [-0.25, -0.2) is 0 Å². The van der Waals surface area contributed by atoms with E-state index in [0.717, 1.165) is 51.4 Å². The summed E-state index contributed by atoms with van der Waals surface area (Å²) in [6.07, 6.45) is 9.85. The van der Waals surface area contributed by atoms with Crippen molar-refractivity contribution in [3.63, 3.8) is 0 Å². The average Bonchev–Trinajstić information content (AvgIpc) is 3.56. The second kappa shape index (κ2) is 11.3. The van der Waals surface area contributed by atoms with Crippen LogP contribution < -0.4 is 0 Å². The molecule has 0 amide bonds. The lowest BCUT2D eigenvalue weighted by atomic mass is 9.94. The zero-order chi connectivity index (χ0) is 28.2. The molecule has 40 heavy (non-hydrogen) atoms. The molecule has 6 rings (SSSR count). The molecule has 3 saturated heterocycles. The molecule has 4 heterocycles. The summed E-state index contributed by atoms with van der Waals surface area (Å²) in [7, 11) is -2.01. The average molecular weight is 583 g/mol. The summed E-state index contributed by atoms with van der Waals surface area (Å²) in [6, 6.07) is 0. The summed E-state index contributed by atoms with van der Waals surface area (Å²) in [6.45, 7) is 11.8. The van der Waals surface area contributed by atoms with Crippen LogP contribution in [0.2, 0.25) is 18.1 Å². The lowest BCUT2D eigenvalue weighted by molar-refractivity contribution is -0.276. The zero-order valence-corrected chi connectivity index (χ0v) is 26.0. The maximum absolute atomic E-state index is 10.7. The van der Waals surface area contributed by atoms with E-state index in [-0.39, 0.29) is 17.2 Å². The highest BCUT2D eigenvalue weighted by Gasteiger charge is 2.62. The third-order valence-electron chi connectivity index (χ3n) is 10.2. The maximum atomic E-state index is 10.7.